The van der Waals surface area contributed by atoms with Gasteiger partial charge in [0.15, 0.2) is 0 Å². The van der Waals surface area contributed by atoms with Crippen molar-refractivity contribution in [3.8, 4) is 5.75 Å². The van der Waals surface area contributed by atoms with Gasteiger partial charge >= 0.3 is 0 Å². The van der Waals surface area contributed by atoms with E-state index >= 15 is 0 Å². The maximum Gasteiger partial charge on any atom is 0.300 e. The highest BCUT2D eigenvalue weighted by Crippen LogP contribution is 2.45. The number of ketones is 1. The summed E-state index contributed by atoms with van der Waals surface area (Å²) >= 11 is 12.4. The van der Waals surface area contributed by atoms with E-state index in [4.69, 9.17) is 27.9 Å². The molecule has 0 aromatic heterocycles. The summed E-state index contributed by atoms with van der Waals surface area (Å²) in [5.74, 6) is -1.80. The van der Waals surface area contributed by atoms with Crippen molar-refractivity contribution in [2.75, 3.05) is 12.0 Å². The fourth-order valence-electron chi connectivity index (χ4n) is 4.05. The molecule has 168 valence electrons. The topological polar surface area (TPSA) is 66.8 Å². The minimum atomic E-state index is -0.852. The number of hydrogen-bond donors (Lipinski definition) is 1. The number of aliphatic hydroxyl groups excluding tert-OH is 1. The molecule has 1 atom stereocenters. The van der Waals surface area contributed by atoms with E-state index in [0.717, 1.165) is 11.1 Å². The Hall–Kier alpha value is -3.28. The van der Waals surface area contributed by atoms with Gasteiger partial charge in [-0.3, -0.25) is 14.5 Å². The van der Waals surface area contributed by atoms with Crippen molar-refractivity contribution in [3.63, 3.8) is 0 Å². The van der Waals surface area contributed by atoms with Gasteiger partial charge in [0.25, 0.3) is 11.7 Å². The van der Waals surface area contributed by atoms with Gasteiger partial charge in [0.2, 0.25) is 0 Å². The molecule has 1 saturated heterocycles. The summed E-state index contributed by atoms with van der Waals surface area (Å²) in [4.78, 5) is 27.9. The van der Waals surface area contributed by atoms with E-state index in [0.29, 0.717) is 11.3 Å². The molecule has 1 amide bonds. The minimum Gasteiger partial charge on any atom is -0.507 e. The molecule has 0 spiro atoms. The van der Waals surface area contributed by atoms with Gasteiger partial charge in [-0.2, -0.15) is 0 Å². The number of halogens is 2. The molecule has 0 bridgehead atoms. The number of benzene rings is 3. The molecule has 1 unspecified atom stereocenters. The molecular weight excluding hydrogens is 461 g/mol. The summed E-state index contributed by atoms with van der Waals surface area (Å²) in [6, 6.07) is 16.8. The molecule has 33 heavy (non-hydrogen) atoms. The number of aliphatic hydroxyl groups is 1. The van der Waals surface area contributed by atoms with Crippen LogP contribution in [-0.4, -0.2) is 23.9 Å². The third kappa shape index (κ3) is 4.10. The molecule has 1 aliphatic heterocycles. The van der Waals surface area contributed by atoms with E-state index < -0.39 is 23.5 Å². The maximum atomic E-state index is 13.3. The van der Waals surface area contributed by atoms with Crippen LogP contribution in [0, 0.1) is 13.8 Å². The van der Waals surface area contributed by atoms with Gasteiger partial charge < -0.3 is 9.84 Å². The highest BCUT2D eigenvalue weighted by atomic mass is 35.5. The Morgan fingerprint density at radius 1 is 0.970 bits per heavy atom. The van der Waals surface area contributed by atoms with Crippen LogP contribution in [0.15, 0.2) is 66.2 Å². The first-order valence-corrected chi connectivity index (χ1v) is 11.0. The molecule has 0 aliphatic carbocycles. The van der Waals surface area contributed by atoms with Crippen molar-refractivity contribution >= 4 is 46.3 Å². The van der Waals surface area contributed by atoms with Crippen molar-refractivity contribution in [2.24, 2.45) is 0 Å². The molecule has 1 N–H and O–H groups in total. The second-order valence-corrected chi connectivity index (χ2v) is 8.73. The highest BCUT2D eigenvalue weighted by molar-refractivity contribution is 6.51. The second kappa shape index (κ2) is 8.93. The predicted molar refractivity (Wildman–Crippen MR) is 130 cm³/mol. The number of carbonyl (C=O) groups excluding carboxylic acids is 2. The Morgan fingerprint density at radius 3 is 2.30 bits per heavy atom. The predicted octanol–water partition coefficient (Wildman–Crippen LogP) is 6.25. The number of rotatable bonds is 4. The lowest BCUT2D eigenvalue weighted by atomic mass is 9.94. The van der Waals surface area contributed by atoms with Crippen LogP contribution < -0.4 is 9.64 Å². The Balaban J connectivity index is 2.01. The summed E-state index contributed by atoms with van der Waals surface area (Å²) in [5, 5.41) is 11.8. The first-order chi connectivity index (χ1) is 15.7. The summed E-state index contributed by atoms with van der Waals surface area (Å²) in [6.07, 6.45) is 0. The van der Waals surface area contributed by atoms with Crippen LogP contribution in [0.5, 0.6) is 5.75 Å². The van der Waals surface area contributed by atoms with Gasteiger partial charge in [-0.05, 0) is 43.7 Å². The van der Waals surface area contributed by atoms with E-state index in [1.807, 2.05) is 50.2 Å². The zero-order valence-corrected chi connectivity index (χ0v) is 19.7. The SMILES string of the molecule is COc1c(Cl)cc(Cl)cc1/C(O)=C1\C(=O)C(=O)N(c2ccc(C)cc2)C1c1cccc(C)c1. The van der Waals surface area contributed by atoms with Crippen LogP contribution >= 0.6 is 23.2 Å². The van der Waals surface area contributed by atoms with Crippen molar-refractivity contribution in [1.29, 1.82) is 0 Å². The largest absolute Gasteiger partial charge is 0.507 e. The number of methoxy groups -OCH3 is 1. The van der Waals surface area contributed by atoms with Gasteiger partial charge in [0.1, 0.15) is 11.5 Å². The third-order valence-electron chi connectivity index (χ3n) is 5.58. The normalized spacial score (nSPS) is 17.5. The molecule has 7 heteroatoms. The van der Waals surface area contributed by atoms with Crippen molar-refractivity contribution in [2.45, 2.75) is 19.9 Å². The molecule has 0 saturated carbocycles. The lowest BCUT2D eigenvalue weighted by molar-refractivity contribution is -0.132. The van der Waals surface area contributed by atoms with Gasteiger partial charge in [0, 0.05) is 10.7 Å². The van der Waals surface area contributed by atoms with Crippen molar-refractivity contribution in [3.05, 3.63) is 98.5 Å². The number of carbonyl (C=O) groups is 2. The maximum absolute atomic E-state index is 13.3. The van der Waals surface area contributed by atoms with Gasteiger partial charge in [-0.1, -0.05) is 70.7 Å². The van der Waals surface area contributed by atoms with Crippen LogP contribution in [0.3, 0.4) is 0 Å². The van der Waals surface area contributed by atoms with Crippen LogP contribution in [0.4, 0.5) is 5.69 Å². The molecule has 1 aliphatic rings. The quantitative estimate of drug-likeness (QED) is 0.271. The molecular formula is C26H21Cl2NO4. The monoisotopic (exact) mass is 481 g/mol. The molecule has 0 radical (unpaired) electrons. The van der Waals surface area contributed by atoms with Crippen LogP contribution in [0.1, 0.15) is 28.3 Å². The summed E-state index contributed by atoms with van der Waals surface area (Å²) in [5.41, 5.74) is 3.26. The molecule has 3 aromatic rings. The Bertz CT molecular complexity index is 1300. The Morgan fingerprint density at radius 2 is 1.67 bits per heavy atom. The number of Topliss-reactive ketones (excluding diaryl/α,β-unsaturated/α-hetero) is 1. The van der Waals surface area contributed by atoms with Gasteiger partial charge in [0.05, 0.1) is 29.3 Å². The van der Waals surface area contributed by atoms with E-state index in [1.54, 1.807) is 12.1 Å². The summed E-state index contributed by atoms with van der Waals surface area (Å²) < 4.78 is 5.36. The van der Waals surface area contributed by atoms with Crippen LogP contribution in [-0.2, 0) is 9.59 Å². The minimum absolute atomic E-state index is 0.0668. The first kappa shape index (κ1) is 22.9. The first-order valence-electron chi connectivity index (χ1n) is 10.2. The fraction of sp³-hybridized carbons (Fsp3) is 0.154. The number of anilines is 1. The number of aryl methyl sites for hydroxylation is 2. The standard InChI is InChI=1S/C26H21Cl2NO4/c1-14-7-9-18(10-8-14)29-22(16-6-4-5-15(2)11-16)21(24(31)26(29)32)23(30)19-12-17(27)13-20(28)25(19)33-3/h4-13,22,30H,1-3H3/b23-21+. The van der Waals surface area contributed by atoms with Crippen LogP contribution in [0.25, 0.3) is 5.76 Å². The molecule has 3 aromatic carbocycles. The summed E-state index contributed by atoms with van der Waals surface area (Å²) in [7, 11) is 1.40. The van der Waals surface area contributed by atoms with E-state index in [2.05, 4.69) is 0 Å². The molecule has 4 rings (SSSR count). The number of nitrogens with zero attached hydrogens (tertiary/aromatic N) is 1. The number of amides is 1. The fourth-order valence-corrected chi connectivity index (χ4v) is 4.62. The lowest BCUT2D eigenvalue weighted by Gasteiger charge is -2.26. The Labute approximate surface area is 201 Å². The summed E-state index contributed by atoms with van der Waals surface area (Å²) in [6.45, 7) is 3.85. The highest BCUT2D eigenvalue weighted by Gasteiger charge is 2.47. The smallest absolute Gasteiger partial charge is 0.300 e. The van der Waals surface area contributed by atoms with E-state index in [1.165, 1.54) is 24.1 Å². The molecule has 1 heterocycles. The van der Waals surface area contributed by atoms with Gasteiger partial charge in [-0.15, -0.1) is 0 Å². The van der Waals surface area contributed by atoms with E-state index in [-0.39, 0.29) is 26.9 Å². The lowest BCUT2D eigenvalue weighted by Crippen LogP contribution is -2.29. The average molecular weight is 482 g/mol. The number of ether oxygens (including phenoxy) is 1. The zero-order valence-electron chi connectivity index (χ0n) is 18.2. The van der Waals surface area contributed by atoms with Crippen molar-refractivity contribution < 1.29 is 19.4 Å². The number of hydrogen-bond acceptors (Lipinski definition) is 4. The average Bonchev–Trinajstić information content (AvgIpc) is 3.04. The molecule has 1 fully saturated rings. The zero-order chi connectivity index (χ0) is 23.9. The van der Waals surface area contributed by atoms with Crippen molar-refractivity contribution in [1.82, 2.24) is 0 Å². The second-order valence-electron chi connectivity index (χ2n) is 7.89. The Kier molecular flexibility index (Phi) is 6.19. The van der Waals surface area contributed by atoms with Gasteiger partial charge in [-0.25, -0.2) is 0 Å². The van der Waals surface area contributed by atoms with E-state index in [9.17, 15) is 14.7 Å². The molecule has 5 nitrogen and oxygen atoms in total. The van der Waals surface area contributed by atoms with Crippen LogP contribution in [0.2, 0.25) is 10.0 Å². The third-order valence-corrected chi connectivity index (χ3v) is 6.08.